The largest absolute Gasteiger partial charge is 0.493 e. The molecule has 0 spiro atoms. The third kappa shape index (κ3) is 4.04. The van der Waals surface area contributed by atoms with E-state index < -0.39 is 0 Å². The van der Waals surface area contributed by atoms with Crippen LogP contribution in [0.2, 0.25) is 0 Å². The number of carbonyl (C=O) groups is 1. The van der Waals surface area contributed by atoms with Crippen LogP contribution in [-0.4, -0.2) is 41.9 Å². The molecule has 1 amide bonds. The molecule has 4 rings (SSSR count). The molecular weight excluding hydrogens is 360 g/mol. The number of aryl methyl sites for hydroxylation is 1. The minimum absolute atomic E-state index is 0.190. The number of nitrogens with zero attached hydrogens (tertiary/aromatic N) is 2. The molecule has 2 aromatic carbocycles. The van der Waals surface area contributed by atoms with E-state index in [-0.39, 0.29) is 11.9 Å². The third-order valence-corrected chi connectivity index (χ3v) is 6.48. The summed E-state index contributed by atoms with van der Waals surface area (Å²) >= 11 is 0. The van der Waals surface area contributed by atoms with Gasteiger partial charge in [-0.25, -0.2) is 0 Å². The molecule has 2 aromatic rings. The van der Waals surface area contributed by atoms with Crippen molar-refractivity contribution >= 4 is 5.91 Å². The van der Waals surface area contributed by atoms with Crippen LogP contribution in [0.15, 0.2) is 48.5 Å². The van der Waals surface area contributed by atoms with E-state index >= 15 is 0 Å². The molecule has 0 aliphatic carbocycles. The number of hydrogen-bond acceptors (Lipinski definition) is 3. The smallest absolute Gasteiger partial charge is 0.219 e. The summed E-state index contributed by atoms with van der Waals surface area (Å²) in [6, 6.07) is 17.1. The van der Waals surface area contributed by atoms with E-state index in [1.165, 1.54) is 16.7 Å². The van der Waals surface area contributed by atoms with Gasteiger partial charge in [0.1, 0.15) is 5.75 Å². The number of fused-ring (bicyclic) bond motifs is 1. The molecule has 2 aliphatic rings. The number of likely N-dealkylation sites (tertiary alicyclic amines) is 2. The molecule has 0 N–H and O–H groups in total. The first kappa shape index (κ1) is 20.0. The first-order valence-electron chi connectivity index (χ1n) is 10.8. The predicted molar refractivity (Wildman–Crippen MR) is 116 cm³/mol. The van der Waals surface area contributed by atoms with Crippen LogP contribution in [0.3, 0.4) is 0 Å². The van der Waals surface area contributed by atoms with Gasteiger partial charge in [-0.2, -0.15) is 0 Å². The average Bonchev–Trinajstić information content (AvgIpc) is 3.25. The molecule has 4 heteroatoms. The van der Waals surface area contributed by atoms with Gasteiger partial charge in [0.15, 0.2) is 0 Å². The van der Waals surface area contributed by atoms with E-state index in [9.17, 15) is 4.79 Å². The summed E-state index contributed by atoms with van der Waals surface area (Å²) in [6.07, 6.45) is 1.02. The summed E-state index contributed by atoms with van der Waals surface area (Å²) in [5.74, 6) is 2.22. The first-order valence-corrected chi connectivity index (χ1v) is 10.8. The van der Waals surface area contributed by atoms with E-state index in [1.54, 1.807) is 6.92 Å². The first-order chi connectivity index (χ1) is 14.1. The molecule has 0 radical (unpaired) electrons. The highest BCUT2D eigenvalue weighted by Crippen LogP contribution is 2.46. The number of para-hydroxylation sites is 1. The average molecular weight is 393 g/mol. The second kappa shape index (κ2) is 8.58. The van der Waals surface area contributed by atoms with Crippen LogP contribution in [0.25, 0.3) is 0 Å². The van der Waals surface area contributed by atoms with Gasteiger partial charge in [0.2, 0.25) is 5.91 Å². The van der Waals surface area contributed by atoms with Crippen molar-refractivity contribution in [2.75, 3.05) is 26.2 Å². The van der Waals surface area contributed by atoms with Crippen LogP contribution < -0.4 is 4.74 Å². The summed E-state index contributed by atoms with van der Waals surface area (Å²) in [5, 5.41) is 0. The lowest BCUT2D eigenvalue weighted by molar-refractivity contribution is -0.130. The van der Waals surface area contributed by atoms with E-state index in [0.29, 0.717) is 11.8 Å². The maximum absolute atomic E-state index is 12.4. The molecule has 0 unspecified atom stereocenters. The monoisotopic (exact) mass is 392 g/mol. The fraction of sp³-hybridized carbons (Fsp3) is 0.480. The molecule has 2 aliphatic heterocycles. The van der Waals surface area contributed by atoms with Gasteiger partial charge >= 0.3 is 0 Å². The second-order valence-electron chi connectivity index (χ2n) is 8.55. The Morgan fingerprint density at radius 2 is 1.83 bits per heavy atom. The molecule has 0 saturated carbocycles. The van der Waals surface area contributed by atoms with Crippen LogP contribution in [0.1, 0.15) is 43.0 Å². The Labute approximate surface area is 174 Å². The van der Waals surface area contributed by atoms with Gasteiger partial charge < -0.3 is 9.64 Å². The lowest BCUT2D eigenvalue weighted by Crippen LogP contribution is -2.34. The van der Waals surface area contributed by atoms with E-state index in [0.717, 1.165) is 45.0 Å². The standard InChI is InChI=1S/C25H32N2O2/c1-4-13-29-24-12-8-6-10-20(24)14-26-15-21-16-27(19(3)28)25(23(21)17-26)22-11-7-5-9-18(22)2/h5-12,21,23,25H,4,13-17H2,1-3H3/t21-,23-,25-/m1/s1. The van der Waals surface area contributed by atoms with Gasteiger partial charge in [-0.05, 0) is 36.5 Å². The van der Waals surface area contributed by atoms with Crippen LogP contribution in [-0.2, 0) is 11.3 Å². The normalized spacial score (nSPS) is 24.0. The topological polar surface area (TPSA) is 32.8 Å². The van der Waals surface area contributed by atoms with Crippen LogP contribution in [0, 0.1) is 18.8 Å². The zero-order valence-corrected chi connectivity index (χ0v) is 17.8. The SMILES string of the molecule is CCCOc1ccccc1CN1C[C@@H]2CN(C(C)=O)[C@H](c3ccccc3C)[C@@H]2C1. The fourth-order valence-electron chi connectivity index (χ4n) is 5.14. The molecule has 3 atom stereocenters. The Morgan fingerprint density at radius 1 is 1.07 bits per heavy atom. The number of benzene rings is 2. The summed E-state index contributed by atoms with van der Waals surface area (Å²) in [7, 11) is 0. The molecule has 2 saturated heterocycles. The fourth-order valence-corrected chi connectivity index (χ4v) is 5.14. The van der Waals surface area contributed by atoms with Crippen LogP contribution in [0.4, 0.5) is 0 Å². The Morgan fingerprint density at radius 3 is 2.59 bits per heavy atom. The quantitative estimate of drug-likeness (QED) is 0.729. The predicted octanol–water partition coefficient (Wildman–Crippen LogP) is 4.44. The maximum atomic E-state index is 12.4. The van der Waals surface area contributed by atoms with Crippen molar-refractivity contribution < 1.29 is 9.53 Å². The maximum Gasteiger partial charge on any atom is 0.219 e. The minimum atomic E-state index is 0.190. The molecule has 154 valence electrons. The number of hydrogen-bond donors (Lipinski definition) is 0. The van der Waals surface area contributed by atoms with Gasteiger partial charge in [0, 0.05) is 44.6 Å². The molecule has 4 nitrogen and oxygen atoms in total. The van der Waals surface area contributed by atoms with Gasteiger partial charge in [0.05, 0.1) is 12.6 Å². The van der Waals surface area contributed by atoms with Gasteiger partial charge in [-0.1, -0.05) is 49.4 Å². The minimum Gasteiger partial charge on any atom is -0.493 e. The van der Waals surface area contributed by atoms with Crippen molar-refractivity contribution in [3.05, 3.63) is 65.2 Å². The summed E-state index contributed by atoms with van der Waals surface area (Å²) < 4.78 is 5.97. The summed E-state index contributed by atoms with van der Waals surface area (Å²) in [6.45, 7) is 10.6. The van der Waals surface area contributed by atoms with E-state index in [2.05, 4.69) is 66.1 Å². The van der Waals surface area contributed by atoms with Crippen molar-refractivity contribution in [1.29, 1.82) is 0 Å². The summed E-state index contributed by atoms with van der Waals surface area (Å²) in [4.78, 5) is 17.0. The van der Waals surface area contributed by atoms with Crippen molar-refractivity contribution in [3.8, 4) is 5.75 Å². The molecule has 0 bridgehead atoms. The zero-order chi connectivity index (χ0) is 20.4. The van der Waals surface area contributed by atoms with Crippen molar-refractivity contribution in [2.45, 2.75) is 39.8 Å². The molecule has 2 fully saturated rings. The number of ether oxygens (including phenoxy) is 1. The van der Waals surface area contributed by atoms with Crippen LogP contribution in [0.5, 0.6) is 5.75 Å². The molecular formula is C25H32N2O2. The van der Waals surface area contributed by atoms with Crippen molar-refractivity contribution in [3.63, 3.8) is 0 Å². The molecule has 0 aromatic heterocycles. The van der Waals surface area contributed by atoms with Crippen LogP contribution >= 0.6 is 0 Å². The Bertz CT molecular complexity index is 865. The van der Waals surface area contributed by atoms with Crippen molar-refractivity contribution in [2.24, 2.45) is 11.8 Å². The Hall–Kier alpha value is -2.33. The highest BCUT2D eigenvalue weighted by molar-refractivity contribution is 5.74. The van der Waals surface area contributed by atoms with Crippen molar-refractivity contribution in [1.82, 2.24) is 9.80 Å². The molecule has 2 heterocycles. The lowest BCUT2D eigenvalue weighted by Gasteiger charge is -2.30. The third-order valence-electron chi connectivity index (χ3n) is 6.48. The zero-order valence-electron chi connectivity index (χ0n) is 17.8. The lowest BCUT2D eigenvalue weighted by atomic mass is 9.87. The van der Waals surface area contributed by atoms with E-state index in [1.807, 2.05) is 6.07 Å². The number of rotatable bonds is 6. The number of carbonyl (C=O) groups excluding carboxylic acids is 1. The number of amides is 1. The molecule has 29 heavy (non-hydrogen) atoms. The highest BCUT2D eigenvalue weighted by atomic mass is 16.5. The van der Waals surface area contributed by atoms with E-state index in [4.69, 9.17) is 4.74 Å². The van der Waals surface area contributed by atoms with Gasteiger partial charge in [-0.15, -0.1) is 0 Å². The Kier molecular flexibility index (Phi) is 5.91. The summed E-state index contributed by atoms with van der Waals surface area (Å²) in [5.41, 5.74) is 3.85. The van der Waals surface area contributed by atoms with Gasteiger partial charge in [0.25, 0.3) is 0 Å². The van der Waals surface area contributed by atoms with Gasteiger partial charge in [-0.3, -0.25) is 9.69 Å². The second-order valence-corrected chi connectivity index (χ2v) is 8.55. The Balaban J connectivity index is 1.53. The highest BCUT2D eigenvalue weighted by Gasteiger charge is 2.48.